The predicted molar refractivity (Wildman–Crippen MR) is 102 cm³/mol. The van der Waals surface area contributed by atoms with Crippen LogP contribution in [0.25, 0.3) is 0 Å². The second-order valence-electron chi connectivity index (χ2n) is 5.82. The smallest absolute Gasteiger partial charge is 0.347 e. The molecule has 140 valence electrons. The summed E-state index contributed by atoms with van der Waals surface area (Å²) in [4.78, 5) is 21.3. The number of halogens is 2. The Labute approximate surface area is 160 Å². The molecule has 0 saturated carbocycles. The number of oxime groups is 1. The van der Waals surface area contributed by atoms with Gasteiger partial charge in [-0.25, -0.2) is 4.79 Å². The first-order valence-electron chi connectivity index (χ1n) is 8.03. The van der Waals surface area contributed by atoms with E-state index >= 15 is 0 Å². The zero-order chi connectivity index (χ0) is 17.4. The van der Waals surface area contributed by atoms with E-state index in [9.17, 15) is 4.79 Å². The van der Waals surface area contributed by atoms with Crippen molar-refractivity contribution in [1.29, 1.82) is 0 Å². The molecule has 0 aromatic heterocycles. The summed E-state index contributed by atoms with van der Waals surface area (Å²) >= 11 is 5.84. The van der Waals surface area contributed by atoms with Gasteiger partial charge in [-0.1, -0.05) is 28.9 Å². The summed E-state index contributed by atoms with van der Waals surface area (Å²) < 4.78 is 5.17. The topological polar surface area (TPSA) is 54.4 Å². The number of carbonyl (C=O) groups excluding carboxylic acids is 1. The van der Waals surface area contributed by atoms with Gasteiger partial charge in [0.2, 0.25) is 6.61 Å². The van der Waals surface area contributed by atoms with E-state index in [0.717, 1.165) is 38.3 Å². The Morgan fingerprint density at radius 2 is 1.84 bits per heavy atom. The summed E-state index contributed by atoms with van der Waals surface area (Å²) in [6.45, 7) is 6.88. The van der Waals surface area contributed by atoms with E-state index in [1.807, 2.05) is 19.1 Å². The lowest BCUT2D eigenvalue weighted by Crippen LogP contribution is -2.45. The first-order chi connectivity index (χ1) is 11.5. The van der Waals surface area contributed by atoms with Crippen LogP contribution in [-0.2, 0) is 14.4 Å². The van der Waals surface area contributed by atoms with Crippen molar-refractivity contribution in [3.8, 4) is 0 Å². The maximum atomic E-state index is 11.6. The summed E-state index contributed by atoms with van der Waals surface area (Å²) in [6, 6.07) is 7.25. The average molecular weight is 390 g/mol. The third-order valence-corrected chi connectivity index (χ3v) is 4.16. The minimum absolute atomic E-state index is 0. The molecule has 0 amide bonds. The zero-order valence-electron chi connectivity index (χ0n) is 14.6. The highest BCUT2D eigenvalue weighted by Crippen LogP contribution is 2.10. The third-order valence-electron chi connectivity index (χ3n) is 3.91. The van der Waals surface area contributed by atoms with Gasteiger partial charge in [0.15, 0.2) is 0 Å². The molecule has 1 aliphatic rings. The molecule has 1 saturated heterocycles. The number of hydrogen-bond donors (Lipinski definition) is 0. The minimum Gasteiger partial charge on any atom is -0.462 e. The van der Waals surface area contributed by atoms with Crippen LogP contribution in [0.1, 0.15) is 12.5 Å². The highest BCUT2D eigenvalue weighted by atomic mass is 35.5. The van der Waals surface area contributed by atoms with Crippen LogP contribution in [0, 0.1) is 0 Å². The fourth-order valence-corrected chi connectivity index (χ4v) is 2.45. The van der Waals surface area contributed by atoms with Crippen molar-refractivity contribution in [2.24, 2.45) is 5.16 Å². The fraction of sp³-hybridized carbons (Fsp3) is 0.529. The number of benzene rings is 1. The molecule has 6 nitrogen and oxygen atoms in total. The molecule has 0 spiro atoms. The Morgan fingerprint density at radius 1 is 1.20 bits per heavy atom. The molecule has 0 aliphatic carbocycles. The zero-order valence-corrected chi connectivity index (χ0v) is 16.2. The average Bonchev–Trinajstić information content (AvgIpc) is 2.57. The molecule has 1 aliphatic heterocycles. The number of nitrogens with zero attached hydrogens (tertiary/aromatic N) is 3. The van der Waals surface area contributed by atoms with Crippen LogP contribution in [0.2, 0.25) is 5.02 Å². The van der Waals surface area contributed by atoms with Crippen LogP contribution in [0.4, 0.5) is 0 Å². The maximum absolute atomic E-state index is 11.6. The van der Waals surface area contributed by atoms with E-state index in [0.29, 0.717) is 17.3 Å². The standard InChI is InChI=1S/C17H24ClN3O3.ClH/c1-14(15-3-5-16(18)6-4-15)19-24-13-17(22)23-12-11-21-9-7-20(2)8-10-21;/h3-6H,7-13H2,1-2H3;1H/b19-14+;. The molecule has 1 fully saturated rings. The van der Waals surface area contributed by atoms with Crippen LogP contribution in [0.15, 0.2) is 29.4 Å². The normalized spacial score (nSPS) is 16.2. The van der Waals surface area contributed by atoms with Crippen molar-refractivity contribution in [3.63, 3.8) is 0 Å². The van der Waals surface area contributed by atoms with E-state index in [1.165, 1.54) is 0 Å². The molecule has 8 heteroatoms. The first kappa shape index (κ1) is 21.7. The second-order valence-corrected chi connectivity index (χ2v) is 6.26. The predicted octanol–water partition coefficient (Wildman–Crippen LogP) is 2.29. The van der Waals surface area contributed by atoms with Gasteiger partial charge in [0.25, 0.3) is 0 Å². The van der Waals surface area contributed by atoms with E-state index < -0.39 is 5.97 Å². The van der Waals surface area contributed by atoms with Crippen LogP contribution >= 0.6 is 24.0 Å². The van der Waals surface area contributed by atoms with Gasteiger partial charge in [-0.15, -0.1) is 12.4 Å². The molecule has 0 atom stereocenters. The van der Waals surface area contributed by atoms with E-state index in [4.69, 9.17) is 21.2 Å². The summed E-state index contributed by atoms with van der Waals surface area (Å²) in [6.07, 6.45) is 0. The minimum atomic E-state index is -0.406. The van der Waals surface area contributed by atoms with Crippen molar-refractivity contribution in [1.82, 2.24) is 9.80 Å². The quantitative estimate of drug-likeness (QED) is 0.406. The Bertz CT molecular complexity index is 559. The molecule has 0 N–H and O–H groups in total. The Hall–Kier alpha value is -1.34. The first-order valence-corrected chi connectivity index (χ1v) is 8.41. The lowest BCUT2D eigenvalue weighted by Gasteiger charge is -2.31. The molecular formula is C17H25Cl2N3O3. The van der Waals surface area contributed by atoms with Crippen molar-refractivity contribution < 1.29 is 14.4 Å². The van der Waals surface area contributed by atoms with Gasteiger partial charge in [-0.05, 0) is 31.7 Å². The second kappa shape index (κ2) is 11.3. The van der Waals surface area contributed by atoms with Gasteiger partial charge in [0.1, 0.15) is 6.61 Å². The summed E-state index contributed by atoms with van der Waals surface area (Å²) in [7, 11) is 2.11. The van der Waals surface area contributed by atoms with Gasteiger partial charge >= 0.3 is 5.97 Å². The van der Waals surface area contributed by atoms with E-state index in [2.05, 4.69) is 22.0 Å². The van der Waals surface area contributed by atoms with Crippen molar-refractivity contribution in [3.05, 3.63) is 34.9 Å². The third kappa shape index (κ3) is 8.05. The van der Waals surface area contributed by atoms with Crippen LogP contribution in [0.3, 0.4) is 0 Å². The summed E-state index contributed by atoms with van der Waals surface area (Å²) in [5.41, 5.74) is 1.57. The van der Waals surface area contributed by atoms with Crippen LogP contribution in [0.5, 0.6) is 0 Å². The SMILES string of the molecule is C/C(=N\OCC(=O)OCCN1CCN(C)CC1)c1ccc(Cl)cc1.Cl. The van der Waals surface area contributed by atoms with Gasteiger partial charge in [-0.3, -0.25) is 4.90 Å². The number of hydrogen-bond acceptors (Lipinski definition) is 6. The molecule has 0 bridgehead atoms. The molecule has 0 radical (unpaired) electrons. The number of ether oxygens (including phenoxy) is 1. The lowest BCUT2D eigenvalue weighted by molar-refractivity contribution is -0.149. The van der Waals surface area contributed by atoms with E-state index in [-0.39, 0.29) is 19.0 Å². The summed E-state index contributed by atoms with van der Waals surface area (Å²) in [5.74, 6) is -0.406. The van der Waals surface area contributed by atoms with Gasteiger partial charge in [0, 0.05) is 37.7 Å². The number of likely N-dealkylation sites (N-methyl/N-ethyl adjacent to an activating group) is 1. The largest absolute Gasteiger partial charge is 0.462 e. The van der Waals surface area contributed by atoms with Crippen molar-refractivity contribution in [2.75, 3.05) is 53.0 Å². The number of esters is 1. The van der Waals surface area contributed by atoms with Gasteiger partial charge in [0.05, 0.1) is 5.71 Å². The van der Waals surface area contributed by atoms with Crippen LogP contribution in [-0.4, -0.2) is 74.5 Å². The number of piperazine rings is 1. The Kier molecular flexibility index (Phi) is 9.82. The molecule has 2 rings (SSSR count). The summed E-state index contributed by atoms with van der Waals surface area (Å²) in [5, 5.41) is 4.59. The molecular weight excluding hydrogens is 365 g/mol. The molecule has 1 aromatic carbocycles. The monoisotopic (exact) mass is 389 g/mol. The lowest BCUT2D eigenvalue weighted by atomic mass is 10.1. The Balaban J connectivity index is 0.00000312. The molecule has 25 heavy (non-hydrogen) atoms. The van der Waals surface area contributed by atoms with Crippen molar-refractivity contribution in [2.45, 2.75) is 6.92 Å². The van der Waals surface area contributed by atoms with Crippen molar-refractivity contribution >= 4 is 35.7 Å². The molecule has 0 unspecified atom stereocenters. The fourth-order valence-electron chi connectivity index (χ4n) is 2.33. The maximum Gasteiger partial charge on any atom is 0.347 e. The highest BCUT2D eigenvalue weighted by Gasteiger charge is 2.14. The van der Waals surface area contributed by atoms with Crippen LogP contribution < -0.4 is 0 Å². The van der Waals surface area contributed by atoms with Gasteiger partial charge in [-0.2, -0.15) is 0 Å². The number of rotatable bonds is 7. The number of carbonyl (C=O) groups is 1. The van der Waals surface area contributed by atoms with Gasteiger partial charge < -0.3 is 14.5 Å². The molecule has 1 aromatic rings. The highest BCUT2D eigenvalue weighted by molar-refractivity contribution is 6.30. The Morgan fingerprint density at radius 3 is 2.48 bits per heavy atom. The molecule has 1 heterocycles. The van der Waals surface area contributed by atoms with E-state index in [1.54, 1.807) is 12.1 Å².